The number of furan rings is 1. The number of H-pyrrole nitrogens is 5. The Labute approximate surface area is 801 Å². The molecule has 1 saturated carbocycles. The molecule has 26 nitrogen and oxygen atoms in total. The maximum absolute atomic E-state index is 14.4. The van der Waals surface area contributed by atoms with Gasteiger partial charge in [-0.3, -0.25) is 54.4 Å². The number of aliphatic hydroxyl groups excluding tert-OH is 1. The molecule has 0 bridgehead atoms. The molecule has 9 heterocycles. The first-order chi connectivity index (χ1) is 68.9. The first kappa shape index (κ1) is 99.6. The molecule has 16 aromatic rings. The molecule has 41 heteroatoms. The Kier molecular flexibility index (Phi) is 31.5. The quantitative estimate of drug-likeness (QED) is 0.0280. The number of aromatic amines is 5. The summed E-state index contributed by atoms with van der Waals surface area (Å²) in [4.78, 5) is 63.0. The molecule has 13 N–H and O–H groups in total. The second kappa shape index (κ2) is 45.3. The number of aromatic nitrogens is 10. The van der Waals surface area contributed by atoms with Crippen molar-refractivity contribution >= 4 is 173 Å². The number of aliphatic hydroxyl groups is 1. The molecule has 0 radical (unpaired) electrons. The Morgan fingerprint density at radius 1 is 0.371 bits per heavy atom. The van der Waals surface area contributed by atoms with Crippen LogP contribution in [-0.2, 0) is 23.9 Å². The highest BCUT2D eigenvalue weighted by Gasteiger charge is 2.31. The second-order valence-corrected chi connectivity index (χ2v) is 33.4. The number of benzene rings is 10. The molecule has 1 aliphatic carbocycles. The van der Waals surface area contributed by atoms with E-state index in [0.717, 1.165) is 86.6 Å². The average molecular weight is 1970 g/mol. The predicted octanol–water partition coefficient (Wildman–Crippen LogP) is 20.2. The zero-order chi connectivity index (χ0) is 101. The first-order valence-corrected chi connectivity index (χ1v) is 44.4. The van der Waals surface area contributed by atoms with E-state index in [0.29, 0.717) is 169 Å². The summed E-state index contributed by atoms with van der Waals surface area (Å²) in [5.41, 5.74) is 6.95. The molecule has 143 heavy (non-hydrogen) atoms. The van der Waals surface area contributed by atoms with Crippen LogP contribution in [0.4, 0.5) is 94.3 Å². The summed E-state index contributed by atoms with van der Waals surface area (Å²) >= 11 is 0. The molecule has 0 unspecified atom stereocenters. The third kappa shape index (κ3) is 25.6. The maximum Gasteiger partial charge on any atom is 0.291 e. The zero-order valence-corrected chi connectivity index (χ0v) is 74.8. The van der Waals surface area contributed by atoms with Crippen molar-refractivity contribution in [1.29, 1.82) is 0 Å². The number of anilines is 5. The number of ether oxygens (including phenoxy) is 1. The van der Waals surface area contributed by atoms with Crippen LogP contribution in [0.3, 0.4) is 0 Å². The number of hydrogen-bond acceptors (Lipinski definition) is 16. The topological polar surface area (TPSA) is 359 Å². The van der Waals surface area contributed by atoms with Gasteiger partial charge in [-0.1, -0.05) is 60.7 Å². The number of rotatable bonds is 22. The summed E-state index contributed by atoms with van der Waals surface area (Å²) in [5, 5.41) is 65.4. The van der Waals surface area contributed by atoms with E-state index in [1.165, 1.54) is 103 Å². The molecular formula is C102H83F15N18O8. The fraction of sp³-hybridized carbons (Fsp3) is 0.176. The van der Waals surface area contributed by atoms with Crippen molar-refractivity contribution in [3.8, 4) is 0 Å². The van der Waals surface area contributed by atoms with Crippen LogP contribution in [0.15, 0.2) is 174 Å². The fourth-order valence-corrected chi connectivity index (χ4v) is 15.3. The van der Waals surface area contributed by atoms with Crippen molar-refractivity contribution < 1.29 is 104 Å². The van der Waals surface area contributed by atoms with Crippen molar-refractivity contribution in [2.75, 3.05) is 79.1 Å². The Morgan fingerprint density at radius 3 is 1.01 bits per heavy atom. The van der Waals surface area contributed by atoms with Crippen LogP contribution in [0.25, 0.3) is 115 Å². The fourth-order valence-electron chi connectivity index (χ4n) is 15.3. The van der Waals surface area contributed by atoms with Gasteiger partial charge in [-0.05, 0) is 212 Å². The molecule has 20 rings (SSSR count). The van der Waals surface area contributed by atoms with E-state index in [2.05, 4.69) is 88.2 Å². The number of hydrogen-bond donors (Lipinski definition) is 13. The van der Waals surface area contributed by atoms with Gasteiger partial charge >= 0.3 is 0 Å². The molecule has 5 amide bonds. The SMILES string of the molecule is O=C(CC1CC1)Nc1cc2c(/C=C/c3ccc(F)c(F)c3)n[nH]c2cc1F.O=C(CN1CCOCC1)Nc1cc2c(/C=C/c3ccc(F)c(F)c3)n[nH]c2cc1F.O=C(Nc1cc2c(/C=C/c3ccc(F)c(F)c3)n[nH]c2cc1F)C1CCNCC1.O=C(Nc1cc2c(/C=C/c3ccc(F)c(F)c3)n[nH]c2cc1F)[C@@H]1C[C@@H](O)CN1.O=C(Nc1cc2c(/C=C/c3ccc(F)c(F)c3)n[nH]c2cc1F)c1ccco1. The number of piperidine rings is 1. The van der Waals surface area contributed by atoms with Crippen molar-refractivity contribution in [1.82, 2.24) is 66.5 Å². The third-order valence-corrected chi connectivity index (χ3v) is 23.1. The minimum atomic E-state index is -0.961. The van der Waals surface area contributed by atoms with Gasteiger partial charge in [0.15, 0.2) is 63.9 Å². The average Bonchev–Trinajstić information content (AvgIpc) is 1.68. The van der Waals surface area contributed by atoms with Crippen LogP contribution >= 0.6 is 0 Å². The highest BCUT2D eigenvalue weighted by molar-refractivity contribution is 6.05. The molecule has 10 aromatic carbocycles. The molecule has 734 valence electrons. The highest BCUT2D eigenvalue weighted by atomic mass is 19.2. The van der Waals surface area contributed by atoms with Gasteiger partial charge in [0, 0.05) is 89.2 Å². The minimum Gasteiger partial charge on any atom is -0.459 e. The van der Waals surface area contributed by atoms with Gasteiger partial charge < -0.3 is 51.5 Å². The lowest BCUT2D eigenvalue weighted by atomic mass is 9.97. The number of carbonyl (C=O) groups is 5. The Balaban J connectivity index is 0.000000128. The number of nitrogens with zero attached hydrogens (tertiary/aromatic N) is 6. The summed E-state index contributed by atoms with van der Waals surface area (Å²) in [6.07, 6.45) is 20.7. The van der Waals surface area contributed by atoms with Gasteiger partial charge in [0.2, 0.25) is 23.6 Å². The third-order valence-electron chi connectivity index (χ3n) is 23.1. The smallest absolute Gasteiger partial charge is 0.291 e. The van der Waals surface area contributed by atoms with E-state index in [1.54, 1.807) is 66.8 Å². The molecule has 0 spiro atoms. The van der Waals surface area contributed by atoms with E-state index < -0.39 is 111 Å². The summed E-state index contributed by atoms with van der Waals surface area (Å²) in [5.74, 6) is -13.8. The van der Waals surface area contributed by atoms with Crippen LogP contribution < -0.4 is 37.2 Å². The van der Waals surface area contributed by atoms with Crippen LogP contribution in [0.2, 0.25) is 0 Å². The van der Waals surface area contributed by atoms with E-state index >= 15 is 0 Å². The highest BCUT2D eigenvalue weighted by Crippen LogP contribution is 2.36. The van der Waals surface area contributed by atoms with Crippen molar-refractivity contribution in [2.24, 2.45) is 11.8 Å². The van der Waals surface area contributed by atoms with Crippen LogP contribution in [-0.4, -0.2) is 155 Å². The lowest BCUT2D eigenvalue weighted by Gasteiger charge is -2.25. The van der Waals surface area contributed by atoms with E-state index in [1.807, 2.05) is 4.90 Å². The predicted molar refractivity (Wildman–Crippen MR) is 510 cm³/mol. The number of nitrogens with one attached hydrogen (secondary N) is 12. The molecule has 6 aromatic heterocycles. The lowest BCUT2D eigenvalue weighted by molar-refractivity contribution is -0.121. The first-order valence-electron chi connectivity index (χ1n) is 44.4. The van der Waals surface area contributed by atoms with Crippen molar-refractivity contribution in [3.05, 3.63) is 319 Å². The minimum absolute atomic E-state index is 0.0189. The van der Waals surface area contributed by atoms with Crippen molar-refractivity contribution in [3.63, 3.8) is 0 Å². The van der Waals surface area contributed by atoms with Gasteiger partial charge in [0.25, 0.3) is 5.91 Å². The Bertz CT molecular complexity index is 7450. The number of morpholine rings is 1. The summed E-state index contributed by atoms with van der Waals surface area (Å²) in [6, 6.07) is 33.7. The standard InChI is InChI=1S/C21H19F3N4O2.C21H19F3N4O.C20H17F3N4O2.C20H12F3N3O2.C20H16F3N3O/c22-15-3-1-13(9-16(15)23)2-4-18-14-10-20(17(24)11-19(14)27-26-18)25-21(29)12-28-5-7-30-8-6-28;22-15-3-1-12(9-16(15)23)2-4-18-14-10-20(17(24)11-19(14)28-27-18)26-21(29)13-5-7-25-8-6-13;21-13-3-1-10(5-14(13)22)2-4-16-12-7-18(15(23)8-17(12)27-26-16)25-20(29)19-6-11(28)9-24-19;21-13-5-3-11(8-14(13)22)4-6-16-12-9-18(15(23)10-17(12)26-25-16)24-20(27)19-2-1-7-28-19;21-14-5-3-11(7-15(14)22)4-6-17-13-9-19(16(23)10-18(13)26-25-17)24-20(27)8-12-1-2-12/h1-4,9-11H,5-8,12H2,(H,25,29)(H,26,27);1-4,9-11,13,25H,5-8H2,(H,26,29)(H,27,28);1-5,7-8,11,19,24,28H,6,9H2,(H,25,29)(H,26,27);1-10H,(H,24,27)(H,25,26);3-7,9-10,12H,1-2,8H2,(H,24,27)(H,25,26)/b3*4-2+;2*6-4+/t;;11-,19+;;/m..1../s1. The monoisotopic (exact) mass is 1970 g/mol. The molecule has 4 fully saturated rings. The van der Waals surface area contributed by atoms with Crippen LogP contribution in [0.1, 0.15) is 105 Å². The number of β-amino-alcohol motifs (C(OH)–C–C–N with tert-alkyl or cyclic N) is 1. The molecule has 3 aliphatic heterocycles. The summed E-state index contributed by atoms with van der Waals surface area (Å²) in [7, 11) is 0. The number of fused-ring (bicyclic) bond motifs is 5. The van der Waals surface area contributed by atoms with Crippen LogP contribution in [0.5, 0.6) is 0 Å². The van der Waals surface area contributed by atoms with E-state index in [4.69, 9.17) is 9.15 Å². The molecule has 4 aliphatic rings. The van der Waals surface area contributed by atoms with Crippen molar-refractivity contribution in [2.45, 2.75) is 50.7 Å². The number of amides is 5. The molecule has 3 saturated heterocycles. The molecule has 2 atom stereocenters. The Hall–Kier alpha value is -16.4. The normalized spacial score (nSPS) is 15.1. The Morgan fingerprint density at radius 2 is 0.699 bits per heavy atom. The second-order valence-electron chi connectivity index (χ2n) is 33.4. The maximum atomic E-state index is 14.4. The van der Waals surface area contributed by atoms with Crippen LogP contribution in [0, 0.1) is 99.1 Å². The largest absolute Gasteiger partial charge is 0.459 e. The van der Waals surface area contributed by atoms with Gasteiger partial charge in [0.1, 0.15) is 29.1 Å². The van der Waals surface area contributed by atoms with E-state index in [-0.39, 0.29) is 70.8 Å². The lowest BCUT2D eigenvalue weighted by Crippen LogP contribution is -2.41. The summed E-state index contributed by atoms with van der Waals surface area (Å²) in [6.45, 7) is 4.41. The van der Waals surface area contributed by atoms with Gasteiger partial charge in [-0.2, -0.15) is 25.5 Å². The summed E-state index contributed by atoms with van der Waals surface area (Å²) < 4.78 is 214. The van der Waals surface area contributed by atoms with Gasteiger partial charge in [-0.15, -0.1) is 0 Å². The van der Waals surface area contributed by atoms with Gasteiger partial charge in [0.05, 0.1) is 123 Å². The zero-order valence-electron chi connectivity index (χ0n) is 74.8. The number of halogens is 15. The molecular weight excluding hydrogens is 1890 g/mol. The van der Waals surface area contributed by atoms with E-state index in [9.17, 15) is 94.9 Å². The van der Waals surface area contributed by atoms with Gasteiger partial charge in [-0.25, -0.2) is 65.9 Å². The number of carbonyl (C=O) groups excluding carboxylic acids is 5.